The van der Waals surface area contributed by atoms with Crippen molar-refractivity contribution in [2.75, 3.05) is 0 Å². The minimum Gasteiger partial charge on any atom is -0.491 e. The number of imide groups is 1. The van der Waals surface area contributed by atoms with E-state index in [-0.39, 0.29) is 22.5 Å². The molecule has 0 radical (unpaired) electrons. The summed E-state index contributed by atoms with van der Waals surface area (Å²) in [4.78, 5) is 22.4. The predicted molar refractivity (Wildman–Crippen MR) is 80.1 cm³/mol. The second-order valence-corrected chi connectivity index (χ2v) is 6.26. The Morgan fingerprint density at radius 3 is 2.50 bits per heavy atom. The maximum Gasteiger partial charge on any atom is 0.286 e. The van der Waals surface area contributed by atoms with Gasteiger partial charge >= 0.3 is 0 Å². The number of aryl methyl sites for hydroxylation is 1. The maximum absolute atomic E-state index is 11.4. The number of ether oxygens (including phenoxy) is 1. The van der Waals surface area contributed by atoms with Gasteiger partial charge in [-0.3, -0.25) is 14.9 Å². The zero-order valence-electron chi connectivity index (χ0n) is 11.7. The molecule has 1 aromatic carbocycles. The van der Waals surface area contributed by atoms with Crippen molar-refractivity contribution in [3.63, 3.8) is 0 Å². The number of carbonyl (C=O) groups is 2. The van der Waals surface area contributed by atoms with E-state index in [4.69, 9.17) is 4.74 Å². The molecule has 1 aliphatic heterocycles. The molecule has 5 heteroatoms. The van der Waals surface area contributed by atoms with Gasteiger partial charge in [0, 0.05) is 0 Å². The van der Waals surface area contributed by atoms with Crippen molar-refractivity contribution in [3.8, 4) is 5.75 Å². The van der Waals surface area contributed by atoms with Gasteiger partial charge in [-0.2, -0.15) is 0 Å². The standard InChI is InChI=1S/C15H19NO3S/c1-10(2)19-12-8-6-11(7-9-12)4-3-5-13-14(17)16-15(18)20-13/h6-10,13H,3-5H2,1-2H3,(H,16,17,18)/t13-/m0/s1. The van der Waals surface area contributed by atoms with Gasteiger partial charge in [-0.1, -0.05) is 23.9 Å². The van der Waals surface area contributed by atoms with Crippen LogP contribution in [0.1, 0.15) is 32.3 Å². The number of rotatable bonds is 6. The summed E-state index contributed by atoms with van der Waals surface area (Å²) in [6.45, 7) is 4.00. The lowest BCUT2D eigenvalue weighted by molar-refractivity contribution is -0.119. The van der Waals surface area contributed by atoms with E-state index in [0.717, 1.165) is 36.8 Å². The summed E-state index contributed by atoms with van der Waals surface area (Å²) in [6, 6.07) is 8.03. The summed E-state index contributed by atoms with van der Waals surface area (Å²) in [5.74, 6) is 0.723. The van der Waals surface area contributed by atoms with E-state index in [1.165, 1.54) is 5.56 Å². The predicted octanol–water partition coefficient (Wildman–Crippen LogP) is 3.15. The second kappa shape index (κ2) is 6.79. The van der Waals surface area contributed by atoms with Gasteiger partial charge in [-0.05, 0) is 50.8 Å². The average molecular weight is 293 g/mol. The number of thioether (sulfide) groups is 1. The number of hydrogen-bond acceptors (Lipinski definition) is 4. The molecule has 1 aliphatic rings. The lowest BCUT2D eigenvalue weighted by Gasteiger charge is -2.10. The molecule has 0 aliphatic carbocycles. The fourth-order valence-corrected chi connectivity index (χ4v) is 2.95. The number of benzene rings is 1. The molecule has 0 aromatic heterocycles. The van der Waals surface area contributed by atoms with Crippen molar-refractivity contribution >= 4 is 22.9 Å². The zero-order chi connectivity index (χ0) is 14.5. The summed E-state index contributed by atoms with van der Waals surface area (Å²) in [5.41, 5.74) is 1.22. The number of carbonyl (C=O) groups excluding carboxylic acids is 2. The van der Waals surface area contributed by atoms with Crippen molar-refractivity contribution < 1.29 is 14.3 Å². The quantitative estimate of drug-likeness (QED) is 0.875. The third kappa shape index (κ3) is 4.27. The third-order valence-electron chi connectivity index (χ3n) is 2.99. The van der Waals surface area contributed by atoms with E-state index in [1.807, 2.05) is 38.1 Å². The Kier molecular flexibility index (Phi) is 5.06. The molecule has 1 saturated heterocycles. The van der Waals surface area contributed by atoms with E-state index in [0.29, 0.717) is 0 Å². The van der Waals surface area contributed by atoms with Crippen LogP contribution in [0.2, 0.25) is 0 Å². The summed E-state index contributed by atoms with van der Waals surface area (Å²) in [5, 5.41) is 1.87. The van der Waals surface area contributed by atoms with Crippen molar-refractivity contribution in [1.82, 2.24) is 5.32 Å². The Morgan fingerprint density at radius 2 is 1.95 bits per heavy atom. The molecule has 0 saturated carbocycles. The summed E-state index contributed by atoms with van der Waals surface area (Å²) >= 11 is 1.10. The largest absolute Gasteiger partial charge is 0.491 e. The highest BCUT2D eigenvalue weighted by molar-refractivity contribution is 8.15. The van der Waals surface area contributed by atoms with Gasteiger partial charge in [0.05, 0.1) is 11.4 Å². The first-order chi connectivity index (χ1) is 9.54. The molecule has 4 nitrogen and oxygen atoms in total. The fraction of sp³-hybridized carbons (Fsp3) is 0.467. The van der Waals surface area contributed by atoms with Crippen LogP contribution in [-0.4, -0.2) is 22.5 Å². The maximum atomic E-state index is 11.4. The third-order valence-corrected chi connectivity index (χ3v) is 4.04. The Bertz CT molecular complexity index is 484. The van der Waals surface area contributed by atoms with Crippen LogP contribution in [0.15, 0.2) is 24.3 Å². The van der Waals surface area contributed by atoms with Crippen LogP contribution in [0.4, 0.5) is 4.79 Å². The van der Waals surface area contributed by atoms with Crippen LogP contribution >= 0.6 is 11.8 Å². The molecule has 0 spiro atoms. The molecule has 2 rings (SSSR count). The highest BCUT2D eigenvalue weighted by Crippen LogP contribution is 2.24. The molecule has 0 bridgehead atoms. The van der Waals surface area contributed by atoms with E-state index in [2.05, 4.69) is 5.32 Å². The van der Waals surface area contributed by atoms with Crippen LogP contribution in [0.5, 0.6) is 5.75 Å². The van der Waals surface area contributed by atoms with E-state index in [9.17, 15) is 9.59 Å². The normalized spacial score (nSPS) is 18.4. The first-order valence-electron chi connectivity index (χ1n) is 6.81. The fourth-order valence-electron chi connectivity index (χ4n) is 2.08. The van der Waals surface area contributed by atoms with Crippen LogP contribution in [-0.2, 0) is 11.2 Å². The molecular formula is C15H19NO3S. The number of amides is 2. The minimum atomic E-state index is -0.227. The average Bonchev–Trinajstić information content (AvgIpc) is 2.69. The SMILES string of the molecule is CC(C)Oc1ccc(CCC[C@@H]2SC(=O)NC2=O)cc1. The molecule has 1 aromatic rings. The molecule has 1 atom stereocenters. The number of hydrogen-bond donors (Lipinski definition) is 1. The van der Waals surface area contributed by atoms with Crippen LogP contribution in [0.3, 0.4) is 0 Å². The van der Waals surface area contributed by atoms with Gasteiger partial charge in [0.15, 0.2) is 0 Å². The molecule has 2 amide bonds. The lowest BCUT2D eigenvalue weighted by atomic mass is 10.1. The Morgan fingerprint density at radius 1 is 1.25 bits per heavy atom. The van der Waals surface area contributed by atoms with E-state index >= 15 is 0 Å². The van der Waals surface area contributed by atoms with Crippen molar-refractivity contribution in [2.24, 2.45) is 0 Å². The Balaban J connectivity index is 1.77. The van der Waals surface area contributed by atoms with Crippen LogP contribution in [0, 0.1) is 0 Å². The van der Waals surface area contributed by atoms with Gasteiger partial charge in [0.25, 0.3) is 5.24 Å². The number of nitrogens with one attached hydrogen (secondary N) is 1. The summed E-state index contributed by atoms with van der Waals surface area (Å²) < 4.78 is 5.59. The summed E-state index contributed by atoms with van der Waals surface area (Å²) in [7, 11) is 0. The summed E-state index contributed by atoms with van der Waals surface area (Å²) in [6.07, 6.45) is 2.70. The van der Waals surface area contributed by atoms with E-state index in [1.54, 1.807) is 0 Å². The monoisotopic (exact) mass is 293 g/mol. The Hall–Kier alpha value is -1.49. The van der Waals surface area contributed by atoms with Gasteiger partial charge in [-0.15, -0.1) is 0 Å². The van der Waals surface area contributed by atoms with Gasteiger partial charge in [-0.25, -0.2) is 0 Å². The minimum absolute atomic E-state index is 0.152. The topological polar surface area (TPSA) is 55.4 Å². The van der Waals surface area contributed by atoms with Gasteiger partial charge in [0.2, 0.25) is 5.91 Å². The first kappa shape index (κ1) is 14.9. The highest BCUT2D eigenvalue weighted by atomic mass is 32.2. The molecule has 1 heterocycles. The van der Waals surface area contributed by atoms with Crippen molar-refractivity contribution in [1.29, 1.82) is 0 Å². The molecule has 0 unspecified atom stereocenters. The van der Waals surface area contributed by atoms with Crippen molar-refractivity contribution in [3.05, 3.63) is 29.8 Å². The molecule has 1 fully saturated rings. The highest BCUT2D eigenvalue weighted by Gasteiger charge is 2.30. The Labute approximate surface area is 123 Å². The molecule has 20 heavy (non-hydrogen) atoms. The van der Waals surface area contributed by atoms with Crippen molar-refractivity contribution in [2.45, 2.75) is 44.5 Å². The zero-order valence-corrected chi connectivity index (χ0v) is 12.5. The van der Waals surface area contributed by atoms with Gasteiger partial charge < -0.3 is 4.74 Å². The smallest absolute Gasteiger partial charge is 0.286 e. The second-order valence-electron chi connectivity index (χ2n) is 5.09. The molecule has 108 valence electrons. The lowest BCUT2D eigenvalue weighted by Crippen LogP contribution is -2.24. The first-order valence-corrected chi connectivity index (χ1v) is 7.69. The van der Waals surface area contributed by atoms with E-state index < -0.39 is 0 Å². The van der Waals surface area contributed by atoms with Gasteiger partial charge in [0.1, 0.15) is 5.75 Å². The van der Waals surface area contributed by atoms with Crippen LogP contribution in [0.25, 0.3) is 0 Å². The van der Waals surface area contributed by atoms with Crippen LogP contribution < -0.4 is 10.1 Å². The molecule has 1 N–H and O–H groups in total. The molecular weight excluding hydrogens is 274 g/mol.